The van der Waals surface area contributed by atoms with Crippen LogP contribution in [0.2, 0.25) is 0 Å². The summed E-state index contributed by atoms with van der Waals surface area (Å²) in [6.45, 7) is 0. The average molecular weight is 211 g/mol. The maximum Gasteiger partial charge on any atom is 0.228 e. The van der Waals surface area contributed by atoms with Crippen molar-refractivity contribution in [3.63, 3.8) is 0 Å². The predicted molar refractivity (Wildman–Crippen MR) is 51.1 cm³/mol. The molecular weight excluding hydrogens is 202 g/mol. The van der Waals surface area contributed by atoms with Gasteiger partial charge in [-0.2, -0.15) is 10.1 Å². The van der Waals surface area contributed by atoms with E-state index in [4.69, 9.17) is 11.1 Å². The molecule has 1 aromatic carbocycles. The summed E-state index contributed by atoms with van der Waals surface area (Å²) < 4.78 is 22.1. The zero-order valence-electron chi connectivity index (χ0n) is 7.27. The number of nitrogens with two attached hydrogens (primary N) is 1. The number of hydrazine groups is 1. The number of nitrogens with zero attached hydrogens (tertiary/aromatic N) is 1. The molecular formula is C8H9N3O2S. The number of hydrogen-bond donors (Lipinski definition) is 2. The first-order valence-corrected chi connectivity index (χ1v) is 5.42. The minimum atomic E-state index is -3.48. The summed E-state index contributed by atoms with van der Waals surface area (Å²) in [6.07, 6.45) is 0. The van der Waals surface area contributed by atoms with E-state index in [2.05, 4.69) is 0 Å². The lowest BCUT2D eigenvalue weighted by molar-refractivity contribution is 0.583. The maximum absolute atomic E-state index is 11.0. The molecule has 74 valence electrons. The van der Waals surface area contributed by atoms with E-state index in [9.17, 15) is 8.42 Å². The minimum absolute atomic E-state index is 0.223. The SMILES string of the molecule is N#Cc1cccc(CS(=O)(=O)NN)c1. The van der Waals surface area contributed by atoms with Crippen molar-refractivity contribution in [2.75, 3.05) is 0 Å². The van der Waals surface area contributed by atoms with Crippen molar-refractivity contribution >= 4 is 10.0 Å². The van der Waals surface area contributed by atoms with Crippen LogP contribution in [0.1, 0.15) is 11.1 Å². The standard InChI is InChI=1S/C8H9N3O2S/c9-5-7-2-1-3-8(4-7)6-14(12,13)11-10/h1-4,11H,6,10H2. The Bertz CT molecular complexity index is 462. The Kier molecular flexibility index (Phi) is 3.19. The summed E-state index contributed by atoms with van der Waals surface area (Å²) in [5.41, 5.74) is 0.955. The van der Waals surface area contributed by atoms with Gasteiger partial charge in [0.2, 0.25) is 10.0 Å². The van der Waals surface area contributed by atoms with Gasteiger partial charge in [-0.05, 0) is 17.7 Å². The van der Waals surface area contributed by atoms with Crippen LogP contribution in [-0.4, -0.2) is 8.42 Å². The van der Waals surface area contributed by atoms with Crippen molar-refractivity contribution in [2.45, 2.75) is 5.75 Å². The third-order valence-corrected chi connectivity index (χ3v) is 2.66. The van der Waals surface area contributed by atoms with E-state index in [1.807, 2.05) is 6.07 Å². The lowest BCUT2D eigenvalue weighted by Crippen LogP contribution is -2.31. The predicted octanol–water partition coefficient (Wildman–Crippen LogP) is -0.149. The third kappa shape index (κ3) is 2.81. The number of benzene rings is 1. The highest BCUT2D eigenvalue weighted by Gasteiger charge is 2.08. The first kappa shape index (κ1) is 10.7. The second-order valence-electron chi connectivity index (χ2n) is 2.69. The topological polar surface area (TPSA) is 96.0 Å². The molecule has 1 aromatic rings. The number of sulfonamides is 1. The van der Waals surface area contributed by atoms with Crippen molar-refractivity contribution in [2.24, 2.45) is 5.84 Å². The zero-order valence-corrected chi connectivity index (χ0v) is 8.08. The molecule has 0 aliphatic heterocycles. The molecule has 0 aliphatic rings. The molecule has 5 nitrogen and oxygen atoms in total. The molecule has 0 aliphatic carbocycles. The highest BCUT2D eigenvalue weighted by Crippen LogP contribution is 2.07. The number of rotatable bonds is 3. The average Bonchev–Trinajstić information content (AvgIpc) is 2.17. The quantitative estimate of drug-likeness (QED) is 0.537. The van der Waals surface area contributed by atoms with Gasteiger partial charge in [-0.3, -0.25) is 5.84 Å². The van der Waals surface area contributed by atoms with Crippen molar-refractivity contribution in [1.29, 1.82) is 5.26 Å². The normalized spacial score (nSPS) is 10.9. The molecule has 0 radical (unpaired) electrons. The van der Waals surface area contributed by atoms with Gasteiger partial charge in [0.1, 0.15) is 0 Å². The number of nitrogens with one attached hydrogen (secondary N) is 1. The molecule has 6 heteroatoms. The Hall–Kier alpha value is -1.42. The Morgan fingerprint density at radius 1 is 1.50 bits per heavy atom. The van der Waals surface area contributed by atoms with E-state index < -0.39 is 10.0 Å². The number of nitriles is 1. The molecule has 0 aromatic heterocycles. The molecule has 0 spiro atoms. The summed E-state index contributed by atoms with van der Waals surface area (Å²) in [4.78, 5) is 1.72. The van der Waals surface area contributed by atoms with Gasteiger partial charge in [-0.25, -0.2) is 8.42 Å². The largest absolute Gasteiger partial charge is 0.258 e. The Morgan fingerprint density at radius 3 is 2.79 bits per heavy atom. The number of hydrogen-bond acceptors (Lipinski definition) is 4. The van der Waals surface area contributed by atoms with Gasteiger partial charge in [0, 0.05) is 0 Å². The van der Waals surface area contributed by atoms with Crippen LogP contribution in [0.4, 0.5) is 0 Å². The van der Waals surface area contributed by atoms with Crippen LogP contribution in [0, 0.1) is 11.3 Å². The van der Waals surface area contributed by atoms with Crippen LogP contribution in [0.15, 0.2) is 24.3 Å². The summed E-state index contributed by atoms with van der Waals surface area (Å²) in [7, 11) is -3.48. The Balaban J connectivity index is 2.94. The van der Waals surface area contributed by atoms with Crippen LogP contribution in [0.3, 0.4) is 0 Å². The van der Waals surface area contributed by atoms with Crippen molar-refractivity contribution in [3.8, 4) is 6.07 Å². The summed E-state index contributed by atoms with van der Waals surface area (Å²) in [6, 6.07) is 8.28. The van der Waals surface area contributed by atoms with E-state index in [0.717, 1.165) is 0 Å². The summed E-state index contributed by atoms with van der Waals surface area (Å²) in [5, 5.41) is 8.58. The van der Waals surface area contributed by atoms with Gasteiger partial charge >= 0.3 is 0 Å². The lowest BCUT2D eigenvalue weighted by Gasteiger charge is -2.01. The lowest BCUT2D eigenvalue weighted by atomic mass is 10.2. The fraction of sp³-hybridized carbons (Fsp3) is 0.125. The minimum Gasteiger partial charge on any atom is -0.258 e. The maximum atomic E-state index is 11.0. The molecule has 0 fully saturated rings. The van der Waals surface area contributed by atoms with Crippen molar-refractivity contribution in [3.05, 3.63) is 35.4 Å². The fourth-order valence-electron chi connectivity index (χ4n) is 0.992. The molecule has 0 bridgehead atoms. The van der Waals surface area contributed by atoms with E-state index >= 15 is 0 Å². The van der Waals surface area contributed by atoms with Gasteiger partial charge in [0.25, 0.3) is 0 Å². The van der Waals surface area contributed by atoms with Gasteiger partial charge in [-0.1, -0.05) is 12.1 Å². The highest BCUT2D eigenvalue weighted by molar-refractivity contribution is 7.88. The molecule has 0 atom stereocenters. The molecule has 0 heterocycles. The first-order valence-electron chi connectivity index (χ1n) is 3.76. The van der Waals surface area contributed by atoms with Crippen molar-refractivity contribution in [1.82, 2.24) is 4.83 Å². The molecule has 1 rings (SSSR count). The monoisotopic (exact) mass is 211 g/mol. The Labute approximate surface area is 82.2 Å². The molecule has 3 N–H and O–H groups in total. The molecule has 0 saturated carbocycles. The second-order valence-corrected chi connectivity index (χ2v) is 4.44. The summed E-state index contributed by atoms with van der Waals surface area (Å²) >= 11 is 0. The molecule has 0 unspecified atom stereocenters. The first-order chi connectivity index (χ1) is 6.57. The van der Waals surface area contributed by atoms with E-state index in [1.54, 1.807) is 23.0 Å². The summed E-state index contributed by atoms with van der Waals surface area (Å²) in [5.74, 6) is 4.60. The molecule has 0 saturated heterocycles. The third-order valence-electron chi connectivity index (χ3n) is 1.59. The van der Waals surface area contributed by atoms with Crippen LogP contribution >= 0.6 is 0 Å². The van der Waals surface area contributed by atoms with Gasteiger partial charge in [-0.15, -0.1) is 0 Å². The zero-order chi connectivity index (χ0) is 10.6. The van der Waals surface area contributed by atoms with Crippen LogP contribution in [0.25, 0.3) is 0 Å². The van der Waals surface area contributed by atoms with Crippen LogP contribution < -0.4 is 10.7 Å². The second kappa shape index (κ2) is 4.19. The van der Waals surface area contributed by atoms with Crippen LogP contribution in [-0.2, 0) is 15.8 Å². The van der Waals surface area contributed by atoms with Gasteiger partial charge in [0.05, 0.1) is 17.4 Å². The molecule has 14 heavy (non-hydrogen) atoms. The van der Waals surface area contributed by atoms with Crippen LogP contribution in [0.5, 0.6) is 0 Å². The van der Waals surface area contributed by atoms with E-state index in [0.29, 0.717) is 11.1 Å². The van der Waals surface area contributed by atoms with Crippen molar-refractivity contribution < 1.29 is 8.42 Å². The van der Waals surface area contributed by atoms with E-state index in [-0.39, 0.29) is 5.75 Å². The highest BCUT2D eigenvalue weighted by atomic mass is 32.2. The smallest absolute Gasteiger partial charge is 0.228 e. The Morgan fingerprint density at radius 2 is 2.21 bits per heavy atom. The molecule has 0 amide bonds. The van der Waals surface area contributed by atoms with Gasteiger partial charge in [0.15, 0.2) is 0 Å². The van der Waals surface area contributed by atoms with E-state index in [1.165, 1.54) is 6.07 Å². The van der Waals surface area contributed by atoms with Gasteiger partial charge < -0.3 is 0 Å². The fourth-order valence-corrected chi connectivity index (χ4v) is 1.69.